The lowest BCUT2D eigenvalue weighted by Crippen LogP contribution is -2.10. The van der Waals surface area contributed by atoms with Crippen LogP contribution < -0.4 is 0 Å². The average molecular weight is 282 g/mol. The van der Waals surface area contributed by atoms with Crippen LogP contribution in [0.3, 0.4) is 0 Å². The molecule has 2 rings (SSSR count). The number of carbonyl (C=O) groups is 1. The first-order valence-electron chi connectivity index (χ1n) is 6.10. The smallest absolute Gasteiger partial charge is 0.307 e. The SMILES string of the molecule is COC(=O)CCn1c(CCCl)nc2cc(C)cnc21. The van der Waals surface area contributed by atoms with Gasteiger partial charge in [0.2, 0.25) is 0 Å². The van der Waals surface area contributed by atoms with Crippen LogP contribution in [0.5, 0.6) is 0 Å². The fraction of sp³-hybridized carbons (Fsp3) is 0.462. The van der Waals surface area contributed by atoms with Crippen LogP contribution in [0, 0.1) is 6.92 Å². The molecule has 0 unspecified atom stereocenters. The second-order valence-electron chi connectivity index (χ2n) is 4.30. The Bertz CT molecular complexity index is 595. The van der Waals surface area contributed by atoms with E-state index in [2.05, 4.69) is 14.7 Å². The summed E-state index contributed by atoms with van der Waals surface area (Å²) in [4.78, 5) is 20.2. The largest absolute Gasteiger partial charge is 0.469 e. The zero-order valence-electron chi connectivity index (χ0n) is 11.0. The summed E-state index contributed by atoms with van der Waals surface area (Å²) in [5.41, 5.74) is 2.68. The van der Waals surface area contributed by atoms with Gasteiger partial charge in [0.1, 0.15) is 11.3 Å². The summed E-state index contributed by atoms with van der Waals surface area (Å²) in [5, 5.41) is 0. The van der Waals surface area contributed by atoms with E-state index in [4.69, 9.17) is 11.6 Å². The molecular weight excluding hydrogens is 266 g/mol. The molecule has 6 heteroatoms. The maximum absolute atomic E-state index is 11.3. The van der Waals surface area contributed by atoms with Gasteiger partial charge in [-0.2, -0.15) is 0 Å². The first-order chi connectivity index (χ1) is 9.15. The van der Waals surface area contributed by atoms with Crippen molar-refractivity contribution in [2.45, 2.75) is 26.3 Å². The number of fused-ring (bicyclic) bond motifs is 1. The molecular formula is C13H16ClN3O2. The molecule has 0 aliphatic heterocycles. The molecule has 0 N–H and O–H groups in total. The van der Waals surface area contributed by atoms with E-state index in [0.717, 1.165) is 22.6 Å². The number of rotatable bonds is 5. The van der Waals surface area contributed by atoms with Gasteiger partial charge in [0.25, 0.3) is 0 Å². The fourth-order valence-corrected chi connectivity index (χ4v) is 2.14. The van der Waals surface area contributed by atoms with Gasteiger partial charge in [-0.15, -0.1) is 11.6 Å². The van der Waals surface area contributed by atoms with Crippen molar-refractivity contribution in [2.24, 2.45) is 0 Å². The number of hydrogen-bond acceptors (Lipinski definition) is 4. The van der Waals surface area contributed by atoms with Crippen LogP contribution in [-0.4, -0.2) is 33.5 Å². The second-order valence-corrected chi connectivity index (χ2v) is 4.68. The number of hydrogen-bond donors (Lipinski definition) is 0. The molecule has 0 atom stereocenters. The Balaban J connectivity index is 2.37. The zero-order valence-corrected chi connectivity index (χ0v) is 11.8. The van der Waals surface area contributed by atoms with Crippen molar-refractivity contribution in [2.75, 3.05) is 13.0 Å². The maximum Gasteiger partial charge on any atom is 0.307 e. The minimum Gasteiger partial charge on any atom is -0.469 e. The van der Waals surface area contributed by atoms with E-state index >= 15 is 0 Å². The van der Waals surface area contributed by atoms with Crippen molar-refractivity contribution in [3.63, 3.8) is 0 Å². The zero-order chi connectivity index (χ0) is 13.8. The average Bonchev–Trinajstić information content (AvgIpc) is 2.73. The number of aryl methyl sites for hydroxylation is 3. The number of halogens is 1. The molecule has 19 heavy (non-hydrogen) atoms. The van der Waals surface area contributed by atoms with Crippen molar-refractivity contribution >= 4 is 28.7 Å². The van der Waals surface area contributed by atoms with Crippen LogP contribution in [0.25, 0.3) is 11.2 Å². The van der Waals surface area contributed by atoms with E-state index in [1.54, 1.807) is 6.20 Å². The minimum absolute atomic E-state index is 0.245. The fourth-order valence-electron chi connectivity index (χ4n) is 1.97. The maximum atomic E-state index is 11.3. The lowest BCUT2D eigenvalue weighted by Gasteiger charge is -2.06. The first-order valence-corrected chi connectivity index (χ1v) is 6.63. The lowest BCUT2D eigenvalue weighted by atomic mass is 10.3. The predicted octanol–water partition coefficient (Wildman–Crippen LogP) is 2.08. The summed E-state index contributed by atoms with van der Waals surface area (Å²) in [5.74, 6) is 1.10. The standard InChI is InChI=1S/C13H16ClN3O2/c1-9-7-10-13(15-8-9)17(6-4-12(18)19-2)11(16-10)3-5-14/h7-8H,3-6H2,1-2H3. The van der Waals surface area contributed by atoms with Crippen molar-refractivity contribution in [1.29, 1.82) is 0 Å². The highest BCUT2D eigenvalue weighted by Crippen LogP contribution is 2.16. The Kier molecular flexibility index (Phi) is 4.37. The summed E-state index contributed by atoms with van der Waals surface area (Å²) in [6.45, 7) is 2.48. The number of esters is 1. The van der Waals surface area contributed by atoms with E-state index in [1.807, 2.05) is 17.6 Å². The second kappa shape index (κ2) is 6.02. The van der Waals surface area contributed by atoms with E-state index < -0.39 is 0 Å². The van der Waals surface area contributed by atoms with E-state index in [9.17, 15) is 4.79 Å². The number of aromatic nitrogens is 3. The molecule has 0 spiro atoms. The quantitative estimate of drug-likeness (QED) is 0.622. The van der Waals surface area contributed by atoms with Crippen LogP contribution in [-0.2, 0) is 22.5 Å². The van der Waals surface area contributed by atoms with Gasteiger partial charge in [-0.05, 0) is 18.6 Å². The van der Waals surface area contributed by atoms with E-state index in [0.29, 0.717) is 25.3 Å². The molecule has 102 valence electrons. The van der Waals surface area contributed by atoms with Crippen molar-refractivity contribution in [1.82, 2.24) is 14.5 Å². The molecule has 0 saturated heterocycles. The third-order valence-corrected chi connectivity index (χ3v) is 3.07. The summed E-state index contributed by atoms with van der Waals surface area (Å²) < 4.78 is 6.60. The molecule has 0 aliphatic carbocycles. The summed E-state index contributed by atoms with van der Waals surface area (Å²) >= 11 is 5.79. The first kappa shape index (κ1) is 13.8. The van der Waals surface area contributed by atoms with Gasteiger partial charge in [-0.25, -0.2) is 9.97 Å². The Labute approximate surface area is 116 Å². The number of imidazole rings is 1. The van der Waals surface area contributed by atoms with Crippen molar-refractivity contribution in [3.05, 3.63) is 23.7 Å². The molecule has 2 aromatic heterocycles. The molecule has 0 aliphatic rings. The van der Waals surface area contributed by atoms with Gasteiger partial charge >= 0.3 is 5.97 Å². The van der Waals surface area contributed by atoms with E-state index in [1.165, 1.54) is 7.11 Å². The highest BCUT2D eigenvalue weighted by atomic mass is 35.5. The third kappa shape index (κ3) is 3.04. The van der Waals surface area contributed by atoms with Crippen LogP contribution in [0.1, 0.15) is 17.8 Å². The van der Waals surface area contributed by atoms with Crippen LogP contribution >= 0.6 is 11.6 Å². The number of methoxy groups -OCH3 is 1. The number of carbonyl (C=O) groups excluding carboxylic acids is 1. The van der Waals surface area contributed by atoms with Crippen molar-refractivity contribution in [3.8, 4) is 0 Å². The van der Waals surface area contributed by atoms with E-state index in [-0.39, 0.29) is 5.97 Å². The number of nitrogens with zero attached hydrogens (tertiary/aromatic N) is 3. The predicted molar refractivity (Wildman–Crippen MR) is 73.3 cm³/mol. The van der Waals surface area contributed by atoms with Crippen LogP contribution in [0.15, 0.2) is 12.3 Å². The monoisotopic (exact) mass is 281 g/mol. The van der Waals surface area contributed by atoms with Gasteiger partial charge in [-0.3, -0.25) is 4.79 Å². The normalized spacial score (nSPS) is 10.9. The van der Waals surface area contributed by atoms with Crippen molar-refractivity contribution < 1.29 is 9.53 Å². The molecule has 2 aromatic rings. The topological polar surface area (TPSA) is 57.0 Å². The Morgan fingerprint density at radius 3 is 3.00 bits per heavy atom. The van der Waals surface area contributed by atoms with Gasteiger partial charge in [-0.1, -0.05) is 0 Å². The Hall–Kier alpha value is -1.62. The van der Waals surface area contributed by atoms with Gasteiger partial charge in [0.05, 0.1) is 13.5 Å². The van der Waals surface area contributed by atoms with Crippen LogP contribution in [0.2, 0.25) is 0 Å². The molecule has 0 fully saturated rings. The number of pyridine rings is 1. The molecule has 0 aromatic carbocycles. The van der Waals surface area contributed by atoms with Gasteiger partial charge in [0.15, 0.2) is 5.65 Å². The lowest BCUT2D eigenvalue weighted by molar-refractivity contribution is -0.140. The highest BCUT2D eigenvalue weighted by Gasteiger charge is 2.13. The number of alkyl halides is 1. The molecule has 2 heterocycles. The third-order valence-electron chi connectivity index (χ3n) is 2.89. The molecule has 0 amide bonds. The minimum atomic E-state index is -0.245. The molecule has 0 bridgehead atoms. The summed E-state index contributed by atoms with van der Waals surface area (Å²) in [6.07, 6.45) is 2.74. The van der Waals surface area contributed by atoms with Gasteiger partial charge < -0.3 is 9.30 Å². The molecule has 0 saturated carbocycles. The molecule has 0 radical (unpaired) electrons. The summed E-state index contributed by atoms with van der Waals surface area (Å²) in [6, 6.07) is 1.98. The van der Waals surface area contributed by atoms with Crippen LogP contribution in [0.4, 0.5) is 0 Å². The molecule has 5 nitrogen and oxygen atoms in total. The Morgan fingerprint density at radius 2 is 2.32 bits per heavy atom. The highest BCUT2D eigenvalue weighted by molar-refractivity contribution is 6.17. The summed E-state index contributed by atoms with van der Waals surface area (Å²) in [7, 11) is 1.38. The van der Waals surface area contributed by atoms with Gasteiger partial charge in [0, 0.05) is 25.0 Å². The Morgan fingerprint density at radius 1 is 1.53 bits per heavy atom. The number of ether oxygens (including phenoxy) is 1.